The van der Waals surface area contributed by atoms with Crippen LogP contribution in [-0.2, 0) is 19.7 Å². The van der Waals surface area contributed by atoms with Gasteiger partial charge in [-0.15, -0.1) is 0 Å². The maximum absolute atomic E-state index is 13.0. The van der Waals surface area contributed by atoms with Crippen LogP contribution in [0.4, 0.5) is 0 Å². The molecule has 2 aliphatic heterocycles. The zero-order valence-corrected chi connectivity index (χ0v) is 15.2. The molecular weight excluding hydrogens is 322 g/mol. The average Bonchev–Trinajstić information content (AvgIpc) is 2.99. The molecule has 0 N–H and O–H groups in total. The molecular formula is C19H25NO5. The van der Waals surface area contributed by atoms with Gasteiger partial charge in [0.1, 0.15) is 0 Å². The molecule has 3 aliphatic rings. The first-order valence-corrected chi connectivity index (χ1v) is 8.73. The van der Waals surface area contributed by atoms with E-state index in [-0.39, 0.29) is 17.9 Å². The lowest BCUT2D eigenvalue weighted by molar-refractivity contribution is -0.286. The second-order valence-electron chi connectivity index (χ2n) is 7.20. The van der Waals surface area contributed by atoms with Crippen molar-refractivity contribution in [1.29, 1.82) is 0 Å². The Labute approximate surface area is 148 Å². The molecule has 1 amide bonds. The quantitative estimate of drug-likeness (QED) is 0.783. The highest BCUT2D eigenvalue weighted by Crippen LogP contribution is 2.61. The van der Waals surface area contributed by atoms with Gasteiger partial charge >= 0.3 is 0 Å². The summed E-state index contributed by atoms with van der Waals surface area (Å²) >= 11 is 0. The Kier molecular flexibility index (Phi) is 3.74. The Morgan fingerprint density at radius 3 is 2.64 bits per heavy atom. The molecule has 6 heteroatoms. The lowest BCUT2D eigenvalue weighted by Crippen LogP contribution is -2.67. The zero-order chi connectivity index (χ0) is 17.8. The number of amides is 1. The molecule has 0 aromatic heterocycles. The Morgan fingerprint density at radius 1 is 1.20 bits per heavy atom. The van der Waals surface area contributed by atoms with Gasteiger partial charge in [0.25, 0.3) is 0 Å². The van der Waals surface area contributed by atoms with Gasteiger partial charge in [0.2, 0.25) is 11.7 Å². The molecule has 1 saturated heterocycles. The number of likely N-dealkylation sites (tertiary alicyclic amines) is 1. The van der Waals surface area contributed by atoms with Gasteiger partial charge in [-0.05, 0) is 18.9 Å². The standard InChI is InChI=1S/C19H25NO5/c1-20-11-10-18-12-6-5-7-14(22-2)15(12)25-17(18)19(23-3,24-4)9-8-13(18)16(20)21/h5-7,13,17H,8-11H2,1-4H3/t13-,17+,18+/m0/s1. The fraction of sp³-hybridized carbons (Fsp3) is 0.632. The Hall–Kier alpha value is -1.79. The molecule has 1 saturated carbocycles. The summed E-state index contributed by atoms with van der Waals surface area (Å²) in [5.74, 6) is 0.584. The summed E-state index contributed by atoms with van der Waals surface area (Å²) in [4.78, 5) is 14.8. The molecule has 1 aliphatic carbocycles. The molecule has 1 aromatic carbocycles. The van der Waals surface area contributed by atoms with Crippen molar-refractivity contribution in [2.24, 2.45) is 5.92 Å². The van der Waals surface area contributed by atoms with Gasteiger partial charge in [0, 0.05) is 39.8 Å². The van der Waals surface area contributed by atoms with Gasteiger partial charge in [-0.2, -0.15) is 0 Å². The Bertz CT molecular complexity index is 701. The Morgan fingerprint density at radius 2 is 1.96 bits per heavy atom. The second kappa shape index (κ2) is 5.61. The van der Waals surface area contributed by atoms with E-state index in [0.717, 1.165) is 17.7 Å². The van der Waals surface area contributed by atoms with E-state index < -0.39 is 11.2 Å². The van der Waals surface area contributed by atoms with E-state index in [0.29, 0.717) is 25.1 Å². The van der Waals surface area contributed by atoms with Crippen molar-refractivity contribution >= 4 is 5.91 Å². The second-order valence-corrected chi connectivity index (χ2v) is 7.20. The van der Waals surface area contributed by atoms with Crippen molar-refractivity contribution in [3.05, 3.63) is 23.8 Å². The van der Waals surface area contributed by atoms with E-state index in [1.807, 2.05) is 24.1 Å². The van der Waals surface area contributed by atoms with Gasteiger partial charge in [-0.25, -0.2) is 0 Å². The van der Waals surface area contributed by atoms with Gasteiger partial charge in [-0.3, -0.25) is 4.79 Å². The summed E-state index contributed by atoms with van der Waals surface area (Å²) in [7, 11) is 6.81. The van der Waals surface area contributed by atoms with Crippen molar-refractivity contribution in [3.63, 3.8) is 0 Å². The first kappa shape index (κ1) is 16.7. The third-order valence-corrected chi connectivity index (χ3v) is 6.43. The predicted octanol–water partition coefficient (Wildman–Crippen LogP) is 1.96. The summed E-state index contributed by atoms with van der Waals surface area (Å²) in [6.07, 6.45) is 1.77. The maximum Gasteiger partial charge on any atom is 0.226 e. The molecule has 1 aromatic rings. The monoisotopic (exact) mass is 347 g/mol. The third-order valence-electron chi connectivity index (χ3n) is 6.43. The predicted molar refractivity (Wildman–Crippen MR) is 90.8 cm³/mol. The SMILES string of the molecule is COc1cccc2c1O[C@H]1C(OC)(OC)CC[C@H]3C(=O)N(C)CC[C@@]231. The zero-order valence-electron chi connectivity index (χ0n) is 15.2. The smallest absolute Gasteiger partial charge is 0.226 e. The van der Waals surface area contributed by atoms with Gasteiger partial charge in [0.05, 0.1) is 18.4 Å². The number of ether oxygens (including phenoxy) is 4. The van der Waals surface area contributed by atoms with E-state index in [2.05, 4.69) is 6.07 Å². The fourth-order valence-electron chi connectivity index (χ4n) is 5.13. The van der Waals surface area contributed by atoms with Gasteiger partial charge in [0.15, 0.2) is 17.6 Å². The summed E-state index contributed by atoms with van der Waals surface area (Å²) in [5.41, 5.74) is 0.596. The Balaban J connectivity index is 1.94. The number of fused-ring (bicyclic) bond motifs is 1. The van der Waals surface area contributed by atoms with E-state index in [9.17, 15) is 4.79 Å². The number of piperidine rings is 1. The van der Waals surface area contributed by atoms with Crippen LogP contribution in [0.5, 0.6) is 11.5 Å². The number of methoxy groups -OCH3 is 3. The molecule has 2 fully saturated rings. The van der Waals surface area contributed by atoms with Crippen molar-refractivity contribution in [2.45, 2.75) is 36.6 Å². The minimum Gasteiger partial charge on any atom is -0.493 e. The molecule has 2 heterocycles. The topological polar surface area (TPSA) is 57.2 Å². The van der Waals surface area contributed by atoms with Gasteiger partial charge in [-0.1, -0.05) is 12.1 Å². The van der Waals surface area contributed by atoms with E-state index in [1.165, 1.54) is 0 Å². The highest BCUT2D eigenvalue weighted by Gasteiger charge is 2.68. The molecule has 0 unspecified atom stereocenters. The average molecular weight is 347 g/mol. The van der Waals surface area contributed by atoms with Crippen LogP contribution in [0.2, 0.25) is 0 Å². The summed E-state index contributed by atoms with van der Waals surface area (Å²) in [6.45, 7) is 0.690. The van der Waals surface area contributed by atoms with Crippen molar-refractivity contribution in [2.75, 3.05) is 34.9 Å². The van der Waals surface area contributed by atoms with Crippen LogP contribution >= 0.6 is 0 Å². The maximum atomic E-state index is 13.0. The van der Waals surface area contributed by atoms with Crippen molar-refractivity contribution < 1.29 is 23.7 Å². The molecule has 136 valence electrons. The fourth-order valence-corrected chi connectivity index (χ4v) is 5.13. The number of carbonyl (C=O) groups is 1. The lowest BCUT2D eigenvalue weighted by Gasteiger charge is -2.54. The minimum absolute atomic E-state index is 0.136. The van der Waals surface area contributed by atoms with Crippen LogP contribution in [-0.4, -0.2) is 57.6 Å². The third kappa shape index (κ3) is 1.95. The highest BCUT2D eigenvalue weighted by molar-refractivity contribution is 5.83. The number of rotatable bonds is 3. The molecule has 4 rings (SSSR count). The molecule has 3 atom stereocenters. The number of para-hydroxylation sites is 1. The summed E-state index contributed by atoms with van der Waals surface area (Å²) < 4.78 is 23.6. The number of hydrogen-bond donors (Lipinski definition) is 0. The number of carbonyl (C=O) groups excluding carboxylic acids is 1. The largest absolute Gasteiger partial charge is 0.493 e. The molecule has 25 heavy (non-hydrogen) atoms. The van der Waals surface area contributed by atoms with E-state index >= 15 is 0 Å². The van der Waals surface area contributed by atoms with Crippen molar-refractivity contribution in [1.82, 2.24) is 4.90 Å². The first-order chi connectivity index (χ1) is 12.0. The molecule has 1 spiro atoms. The normalized spacial score (nSPS) is 32.5. The van der Waals surface area contributed by atoms with Crippen LogP contribution in [0.3, 0.4) is 0 Å². The van der Waals surface area contributed by atoms with E-state index in [4.69, 9.17) is 18.9 Å². The first-order valence-electron chi connectivity index (χ1n) is 8.73. The van der Waals surface area contributed by atoms with Crippen LogP contribution in [0.1, 0.15) is 24.8 Å². The molecule has 0 bridgehead atoms. The van der Waals surface area contributed by atoms with Crippen LogP contribution in [0, 0.1) is 5.92 Å². The number of benzene rings is 1. The van der Waals surface area contributed by atoms with Crippen LogP contribution in [0.15, 0.2) is 18.2 Å². The summed E-state index contributed by atoms with van der Waals surface area (Å²) in [6, 6.07) is 5.92. The molecule has 0 radical (unpaired) electrons. The number of hydrogen-bond acceptors (Lipinski definition) is 5. The minimum atomic E-state index is -0.864. The number of nitrogens with zero attached hydrogens (tertiary/aromatic N) is 1. The van der Waals surface area contributed by atoms with Crippen molar-refractivity contribution in [3.8, 4) is 11.5 Å². The van der Waals surface area contributed by atoms with Crippen LogP contribution < -0.4 is 9.47 Å². The highest BCUT2D eigenvalue weighted by atomic mass is 16.7. The summed E-state index contributed by atoms with van der Waals surface area (Å²) in [5, 5.41) is 0. The lowest BCUT2D eigenvalue weighted by atomic mass is 9.56. The van der Waals surface area contributed by atoms with E-state index in [1.54, 1.807) is 21.3 Å². The molecule has 6 nitrogen and oxygen atoms in total. The van der Waals surface area contributed by atoms with Crippen LogP contribution in [0.25, 0.3) is 0 Å². The van der Waals surface area contributed by atoms with Gasteiger partial charge < -0.3 is 23.8 Å².